The number of hydrogen-bond donors (Lipinski definition) is 1. The van der Waals surface area contributed by atoms with Gasteiger partial charge in [0.05, 0.1) is 5.75 Å². The Morgan fingerprint density at radius 2 is 1.85 bits per heavy atom. The van der Waals surface area contributed by atoms with Crippen LogP contribution in [0.1, 0.15) is 58.2 Å². The third-order valence-electron chi connectivity index (χ3n) is 3.17. The SMILES string of the molecule is CCCCCCCCn1c(CC)nnc1SCC(=O)O. The summed E-state index contributed by atoms with van der Waals surface area (Å²) in [6, 6.07) is 0. The van der Waals surface area contributed by atoms with Gasteiger partial charge in [-0.15, -0.1) is 10.2 Å². The van der Waals surface area contributed by atoms with E-state index in [0.29, 0.717) is 0 Å². The van der Waals surface area contributed by atoms with E-state index in [-0.39, 0.29) is 5.75 Å². The van der Waals surface area contributed by atoms with Gasteiger partial charge in [-0.05, 0) is 6.42 Å². The molecule has 5 nitrogen and oxygen atoms in total. The van der Waals surface area contributed by atoms with Gasteiger partial charge >= 0.3 is 5.97 Å². The van der Waals surface area contributed by atoms with Gasteiger partial charge in [0.2, 0.25) is 0 Å². The van der Waals surface area contributed by atoms with Gasteiger partial charge < -0.3 is 9.67 Å². The Balaban J connectivity index is 2.44. The molecule has 0 radical (unpaired) electrons. The number of aromatic nitrogens is 3. The minimum absolute atomic E-state index is 0.0400. The van der Waals surface area contributed by atoms with Crippen molar-refractivity contribution in [2.24, 2.45) is 0 Å². The number of carboxylic acids is 1. The topological polar surface area (TPSA) is 68.0 Å². The Kier molecular flexibility index (Phi) is 8.34. The third-order valence-corrected chi connectivity index (χ3v) is 4.12. The van der Waals surface area contributed by atoms with Gasteiger partial charge in [0.25, 0.3) is 0 Å². The number of thioether (sulfide) groups is 1. The van der Waals surface area contributed by atoms with Crippen LogP contribution < -0.4 is 0 Å². The van der Waals surface area contributed by atoms with Gasteiger partial charge in [0.15, 0.2) is 5.16 Å². The summed E-state index contributed by atoms with van der Waals surface area (Å²) in [6.45, 7) is 5.16. The summed E-state index contributed by atoms with van der Waals surface area (Å²) in [5, 5.41) is 17.7. The van der Waals surface area contributed by atoms with E-state index in [4.69, 9.17) is 5.11 Å². The largest absolute Gasteiger partial charge is 0.481 e. The molecular weight excluding hydrogens is 274 g/mol. The summed E-state index contributed by atoms with van der Waals surface area (Å²) in [4.78, 5) is 10.6. The molecule has 0 saturated heterocycles. The fraction of sp³-hybridized carbons (Fsp3) is 0.786. The smallest absolute Gasteiger partial charge is 0.313 e. The molecule has 0 aromatic carbocycles. The van der Waals surface area contributed by atoms with E-state index in [2.05, 4.69) is 21.7 Å². The van der Waals surface area contributed by atoms with Crippen LogP contribution in [0.15, 0.2) is 5.16 Å². The molecule has 0 aliphatic rings. The van der Waals surface area contributed by atoms with Gasteiger partial charge in [0.1, 0.15) is 5.82 Å². The highest BCUT2D eigenvalue weighted by Crippen LogP contribution is 2.18. The normalized spacial score (nSPS) is 10.9. The second-order valence-electron chi connectivity index (χ2n) is 4.85. The molecule has 0 bridgehead atoms. The van der Waals surface area contributed by atoms with E-state index in [1.165, 1.54) is 43.9 Å². The van der Waals surface area contributed by atoms with Crippen molar-refractivity contribution < 1.29 is 9.90 Å². The fourth-order valence-corrected chi connectivity index (χ4v) is 2.79. The number of aliphatic carboxylic acids is 1. The van der Waals surface area contributed by atoms with E-state index in [9.17, 15) is 4.79 Å². The van der Waals surface area contributed by atoms with Gasteiger partial charge in [-0.1, -0.05) is 57.7 Å². The summed E-state index contributed by atoms with van der Waals surface area (Å²) in [7, 11) is 0. The minimum atomic E-state index is -0.817. The van der Waals surface area contributed by atoms with Crippen molar-refractivity contribution in [3.63, 3.8) is 0 Å². The van der Waals surface area contributed by atoms with Gasteiger partial charge in [-0.25, -0.2) is 0 Å². The van der Waals surface area contributed by atoms with Crippen molar-refractivity contribution in [1.82, 2.24) is 14.8 Å². The van der Waals surface area contributed by atoms with Crippen LogP contribution in [-0.2, 0) is 17.8 Å². The van der Waals surface area contributed by atoms with Crippen LogP contribution >= 0.6 is 11.8 Å². The van der Waals surface area contributed by atoms with Crippen molar-refractivity contribution in [2.45, 2.75) is 70.5 Å². The second-order valence-corrected chi connectivity index (χ2v) is 5.80. The zero-order valence-corrected chi connectivity index (χ0v) is 13.3. The molecule has 0 fully saturated rings. The molecule has 20 heavy (non-hydrogen) atoms. The second kappa shape index (κ2) is 9.80. The molecule has 1 aromatic heterocycles. The Hall–Kier alpha value is -1.04. The molecule has 0 aliphatic carbocycles. The third kappa shape index (κ3) is 5.94. The predicted octanol–water partition coefficient (Wildman–Crippen LogP) is 3.38. The summed E-state index contributed by atoms with van der Waals surface area (Å²) in [5.41, 5.74) is 0. The zero-order valence-electron chi connectivity index (χ0n) is 12.5. The molecule has 1 rings (SSSR count). The molecule has 1 heterocycles. The highest BCUT2D eigenvalue weighted by atomic mass is 32.2. The number of carbonyl (C=O) groups is 1. The maximum atomic E-state index is 10.6. The van der Waals surface area contributed by atoms with E-state index >= 15 is 0 Å². The molecule has 6 heteroatoms. The first-order valence-corrected chi connectivity index (χ1v) is 8.44. The van der Waals surface area contributed by atoms with E-state index < -0.39 is 5.97 Å². The molecule has 114 valence electrons. The average Bonchev–Trinajstić information content (AvgIpc) is 2.82. The lowest BCUT2D eigenvalue weighted by Gasteiger charge is -2.08. The first kappa shape index (κ1) is 17.0. The highest BCUT2D eigenvalue weighted by molar-refractivity contribution is 7.99. The molecule has 0 unspecified atom stereocenters. The van der Waals surface area contributed by atoms with Crippen molar-refractivity contribution in [3.05, 3.63) is 5.82 Å². The minimum Gasteiger partial charge on any atom is -0.481 e. The van der Waals surface area contributed by atoms with Crippen molar-refractivity contribution in [3.8, 4) is 0 Å². The quantitative estimate of drug-likeness (QED) is 0.501. The standard InChI is InChI=1S/C14H25N3O2S/c1-3-5-6-7-8-9-10-17-12(4-2)15-16-14(17)20-11-13(18)19/h3-11H2,1-2H3,(H,18,19). The Morgan fingerprint density at radius 3 is 2.50 bits per heavy atom. The monoisotopic (exact) mass is 299 g/mol. The summed E-state index contributed by atoms with van der Waals surface area (Å²) >= 11 is 1.25. The van der Waals surface area contributed by atoms with Crippen molar-refractivity contribution in [2.75, 3.05) is 5.75 Å². The maximum absolute atomic E-state index is 10.6. The molecule has 0 amide bonds. The predicted molar refractivity (Wildman–Crippen MR) is 81.1 cm³/mol. The Labute approximate surface area is 125 Å². The first-order chi connectivity index (χ1) is 9.69. The van der Waals surface area contributed by atoms with Crippen molar-refractivity contribution >= 4 is 17.7 Å². The summed E-state index contributed by atoms with van der Waals surface area (Å²) in [6.07, 6.45) is 8.30. The molecule has 0 atom stereocenters. The van der Waals surface area contributed by atoms with Crippen LogP contribution in [0.3, 0.4) is 0 Å². The lowest BCUT2D eigenvalue weighted by molar-refractivity contribution is -0.133. The molecular formula is C14H25N3O2S. The summed E-state index contributed by atoms with van der Waals surface area (Å²) in [5.74, 6) is 0.173. The first-order valence-electron chi connectivity index (χ1n) is 7.45. The molecule has 0 saturated carbocycles. The Morgan fingerprint density at radius 1 is 1.15 bits per heavy atom. The fourth-order valence-electron chi connectivity index (χ4n) is 2.09. The van der Waals surface area contributed by atoms with E-state index in [0.717, 1.165) is 30.4 Å². The van der Waals surface area contributed by atoms with E-state index in [1.807, 2.05) is 6.92 Å². The van der Waals surface area contributed by atoms with Crippen LogP contribution in [0.2, 0.25) is 0 Å². The number of aryl methyl sites for hydroxylation is 1. The van der Waals surface area contributed by atoms with Gasteiger partial charge in [-0.3, -0.25) is 4.79 Å². The lowest BCUT2D eigenvalue weighted by atomic mass is 10.1. The van der Waals surface area contributed by atoms with Crippen LogP contribution in [0, 0.1) is 0 Å². The molecule has 1 N–H and O–H groups in total. The number of rotatable bonds is 11. The summed E-state index contributed by atoms with van der Waals surface area (Å²) < 4.78 is 2.08. The van der Waals surface area contributed by atoms with Crippen LogP contribution in [-0.4, -0.2) is 31.6 Å². The van der Waals surface area contributed by atoms with Gasteiger partial charge in [-0.2, -0.15) is 0 Å². The highest BCUT2D eigenvalue weighted by Gasteiger charge is 2.12. The van der Waals surface area contributed by atoms with Gasteiger partial charge in [0, 0.05) is 13.0 Å². The van der Waals surface area contributed by atoms with E-state index in [1.54, 1.807) is 0 Å². The Bertz CT molecular complexity index is 407. The zero-order chi connectivity index (χ0) is 14.8. The van der Waals surface area contributed by atoms with Crippen LogP contribution in [0.25, 0.3) is 0 Å². The average molecular weight is 299 g/mol. The van der Waals surface area contributed by atoms with Crippen LogP contribution in [0.5, 0.6) is 0 Å². The lowest BCUT2D eigenvalue weighted by Crippen LogP contribution is -2.06. The molecule has 0 spiro atoms. The number of unbranched alkanes of at least 4 members (excludes halogenated alkanes) is 5. The number of hydrogen-bond acceptors (Lipinski definition) is 4. The van der Waals surface area contributed by atoms with Crippen LogP contribution in [0.4, 0.5) is 0 Å². The molecule has 0 aliphatic heterocycles. The maximum Gasteiger partial charge on any atom is 0.313 e. The number of nitrogens with zero attached hydrogens (tertiary/aromatic N) is 3. The molecule has 1 aromatic rings. The van der Waals surface area contributed by atoms with Crippen molar-refractivity contribution in [1.29, 1.82) is 0 Å². The number of carboxylic acid groups (broad SMARTS) is 1.